The third kappa shape index (κ3) is 3.51. The summed E-state index contributed by atoms with van der Waals surface area (Å²) in [5.41, 5.74) is 0.909. The highest BCUT2D eigenvalue weighted by Crippen LogP contribution is 2.15. The molecule has 0 atom stereocenters. The van der Waals surface area contributed by atoms with E-state index in [0.29, 0.717) is 6.54 Å². The summed E-state index contributed by atoms with van der Waals surface area (Å²) in [6.45, 7) is 8.14. The molecule has 17 heavy (non-hydrogen) atoms. The van der Waals surface area contributed by atoms with Gasteiger partial charge in [0, 0.05) is 24.2 Å². The topological polar surface area (TPSA) is 15.3 Å². The smallest absolute Gasteiger partial charge is 0.127 e. The average molecular weight is 236 g/mol. The number of rotatable bonds is 2. The summed E-state index contributed by atoms with van der Waals surface area (Å²) in [6, 6.07) is 7.06. The van der Waals surface area contributed by atoms with Crippen molar-refractivity contribution in [1.29, 1.82) is 0 Å². The maximum atomic E-state index is 13.6. The van der Waals surface area contributed by atoms with Crippen LogP contribution in [0.3, 0.4) is 0 Å². The Labute approximate surface area is 103 Å². The van der Waals surface area contributed by atoms with Gasteiger partial charge in [0.05, 0.1) is 0 Å². The first-order chi connectivity index (χ1) is 8.07. The van der Waals surface area contributed by atoms with Crippen molar-refractivity contribution in [1.82, 2.24) is 10.2 Å². The molecular formula is C14H21FN2. The van der Waals surface area contributed by atoms with Crippen LogP contribution in [0, 0.1) is 5.82 Å². The van der Waals surface area contributed by atoms with Gasteiger partial charge >= 0.3 is 0 Å². The first kappa shape index (κ1) is 12.5. The zero-order valence-corrected chi connectivity index (χ0v) is 10.7. The van der Waals surface area contributed by atoms with Crippen LogP contribution in [0.15, 0.2) is 24.3 Å². The lowest BCUT2D eigenvalue weighted by Crippen LogP contribution is -2.46. The Morgan fingerprint density at radius 2 is 2.12 bits per heavy atom. The number of benzene rings is 1. The molecule has 3 heteroatoms. The molecule has 0 amide bonds. The van der Waals surface area contributed by atoms with E-state index in [1.54, 1.807) is 6.07 Å². The average Bonchev–Trinajstić information content (AvgIpc) is 2.43. The molecule has 0 bridgehead atoms. The fourth-order valence-corrected chi connectivity index (χ4v) is 2.43. The van der Waals surface area contributed by atoms with Crippen LogP contribution in [-0.2, 0) is 6.54 Å². The highest BCUT2D eigenvalue weighted by Gasteiger charge is 2.24. The van der Waals surface area contributed by atoms with Crippen LogP contribution in [0.2, 0.25) is 0 Å². The molecule has 1 N–H and O–H groups in total. The van der Waals surface area contributed by atoms with Gasteiger partial charge in [-0.1, -0.05) is 18.2 Å². The lowest BCUT2D eigenvalue weighted by atomic mass is 10.1. The van der Waals surface area contributed by atoms with E-state index in [0.717, 1.165) is 31.6 Å². The van der Waals surface area contributed by atoms with E-state index < -0.39 is 0 Å². The maximum Gasteiger partial charge on any atom is 0.127 e. The molecule has 94 valence electrons. The molecule has 2 nitrogen and oxygen atoms in total. The second-order valence-electron chi connectivity index (χ2n) is 5.47. The number of halogens is 1. The lowest BCUT2D eigenvalue weighted by molar-refractivity contribution is 0.221. The van der Waals surface area contributed by atoms with Gasteiger partial charge in [-0.2, -0.15) is 0 Å². The molecule has 0 aliphatic carbocycles. The Morgan fingerprint density at radius 1 is 1.35 bits per heavy atom. The predicted molar refractivity (Wildman–Crippen MR) is 68.4 cm³/mol. The van der Waals surface area contributed by atoms with Crippen molar-refractivity contribution in [3.05, 3.63) is 35.6 Å². The summed E-state index contributed by atoms with van der Waals surface area (Å²) in [5, 5.41) is 3.52. The first-order valence-electron chi connectivity index (χ1n) is 6.28. The molecule has 1 aliphatic heterocycles. The molecule has 2 rings (SSSR count). The molecule has 1 aliphatic rings. The van der Waals surface area contributed by atoms with Crippen LogP contribution < -0.4 is 5.32 Å². The van der Waals surface area contributed by atoms with Gasteiger partial charge < -0.3 is 5.32 Å². The third-order valence-electron chi connectivity index (χ3n) is 3.23. The van der Waals surface area contributed by atoms with Gasteiger partial charge in [0.1, 0.15) is 5.82 Å². The Balaban J connectivity index is 2.05. The van der Waals surface area contributed by atoms with E-state index in [1.807, 2.05) is 12.1 Å². The second kappa shape index (κ2) is 5.15. The van der Waals surface area contributed by atoms with Crippen molar-refractivity contribution < 1.29 is 4.39 Å². The molecule has 0 unspecified atom stereocenters. The molecule has 1 aromatic rings. The lowest BCUT2D eigenvalue weighted by Gasteiger charge is -2.30. The summed E-state index contributed by atoms with van der Waals surface area (Å²) in [6.07, 6.45) is 1.12. The number of nitrogens with one attached hydrogen (secondary N) is 1. The highest BCUT2D eigenvalue weighted by atomic mass is 19.1. The Kier molecular flexibility index (Phi) is 3.79. The third-order valence-corrected chi connectivity index (χ3v) is 3.23. The minimum Gasteiger partial charge on any atom is -0.310 e. The molecule has 1 aromatic carbocycles. The van der Waals surface area contributed by atoms with Crippen molar-refractivity contribution in [3.63, 3.8) is 0 Å². The summed E-state index contributed by atoms with van der Waals surface area (Å²) in [4.78, 5) is 2.33. The Hall–Kier alpha value is -0.930. The standard InChI is InChI=1S/C14H21FN2/c1-14(2)11-17(9-5-8-16-14)10-12-6-3-4-7-13(12)15/h3-4,6-7,16H,5,8-11H2,1-2H3. The fourth-order valence-electron chi connectivity index (χ4n) is 2.43. The molecule has 0 radical (unpaired) electrons. The minimum atomic E-state index is -0.0949. The van der Waals surface area contributed by atoms with Crippen molar-refractivity contribution in [2.45, 2.75) is 32.4 Å². The Morgan fingerprint density at radius 3 is 2.88 bits per heavy atom. The van der Waals surface area contributed by atoms with Crippen LogP contribution >= 0.6 is 0 Å². The van der Waals surface area contributed by atoms with E-state index in [9.17, 15) is 4.39 Å². The zero-order chi connectivity index (χ0) is 12.3. The summed E-state index contributed by atoms with van der Waals surface area (Å²) >= 11 is 0. The van der Waals surface area contributed by atoms with E-state index in [1.165, 1.54) is 6.07 Å². The molecular weight excluding hydrogens is 215 g/mol. The Bertz CT molecular complexity index is 376. The van der Waals surface area contributed by atoms with Crippen LogP contribution in [0.5, 0.6) is 0 Å². The van der Waals surface area contributed by atoms with Gasteiger partial charge in [-0.15, -0.1) is 0 Å². The quantitative estimate of drug-likeness (QED) is 0.848. The van der Waals surface area contributed by atoms with Crippen LogP contribution in [-0.4, -0.2) is 30.1 Å². The van der Waals surface area contributed by atoms with Crippen molar-refractivity contribution in [3.8, 4) is 0 Å². The molecule has 1 heterocycles. The van der Waals surface area contributed by atoms with Gasteiger partial charge in [0.25, 0.3) is 0 Å². The van der Waals surface area contributed by atoms with E-state index in [4.69, 9.17) is 0 Å². The molecule has 0 saturated carbocycles. The zero-order valence-electron chi connectivity index (χ0n) is 10.7. The van der Waals surface area contributed by atoms with Crippen molar-refractivity contribution in [2.24, 2.45) is 0 Å². The predicted octanol–water partition coefficient (Wildman–Crippen LogP) is 2.40. The minimum absolute atomic E-state index is 0.0949. The SMILES string of the molecule is CC1(C)CN(Cc2ccccc2F)CCCN1. The number of hydrogen-bond acceptors (Lipinski definition) is 2. The van der Waals surface area contributed by atoms with E-state index in [-0.39, 0.29) is 11.4 Å². The van der Waals surface area contributed by atoms with Gasteiger partial charge in [-0.25, -0.2) is 4.39 Å². The van der Waals surface area contributed by atoms with Gasteiger partial charge in [0.2, 0.25) is 0 Å². The molecule has 1 saturated heterocycles. The van der Waals surface area contributed by atoms with E-state index >= 15 is 0 Å². The second-order valence-corrected chi connectivity index (χ2v) is 5.47. The molecule has 0 spiro atoms. The van der Waals surface area contributed by atoms with Gasteiger partial charge in [-0.05, 0) is 39.4 Å². The fraction of sp³-hybridized carbons (Fsp3) is 0.571. The van der Waals surface area contributed by atoms with E-state index in [2.05, 4.69) is 24.1 Å². The van der Waals surface area contributed by atoms with Gasteiger partial charge in [-0.3, -0.25) is 4.90 Å². The summed E-state index contributed by atoms with van der Waals surface area (Å²) in [7, 11) is 0. The van der Waals surface area contributed by atoms with Crippen LogP contribution in [0.4, 0.5) is 4.39 Å². The van der Waals surface area contributed by atoms with Crippen LogP contribution in [0.25, 0.3) is 0 Å². The summed E-state index contributed by atoms with van der Waals surface area (Å²) in [5.74, 6) is -0.0949. The number of hydrogen-bond donors (Lipinski definition) is 1. The molecule has 1 fully saturated rings. The van der Waals surface area contributed by atoms with Crippen molar-refractivity contribution >= 4 is 0 Å². The normalized spacial score (nSPS) is 21.1. The first-order valence-corrected chi connectivity index (χ1v) is 6.28. The highest BCUT2D eigenvalue weighted by molar-refractivity contribution is 5.17. The monoisotopic (exact) mass is 236 g/mol. The van der Waals surface area contributed by atoms with Gasteiger partial charge in [0.15, 0.2) is 0 Å². The number of nitrogens with zero attached hydrogens (tertiary/aromatic N) is 1. The summed E-state index contributed by atoms with van der Waals surface area (Å²) < 4.78 is 13.6. The van der Waals surface area contributed by atoms with Crippen LogP contribution in [0.1, 0.15) is 25.8 Å². The maximum absolute atomic E-state index is 13.6. The molecule has 0 aromatic heterocycles. The van der Waals surface area contributed by atoms with Crippen molar-refractivity contribution in [2.75, 3.05) is 19.6 Å². The largest absolute Gasteiger partial charge is 0.310 e.